The molecular weight excluding hydrogens is 258 g/mol. The number of halogens is 1. The maximum absolute atomic E-state index is 5.98. The lowest BCUT2D eigenvalue weighted by molar-refractivity contribution is 0.209. The van der Waals surface area contributed by atoms with Gasteiger partial charge in [0.05, 0.1) is 0 Å². The van der Waals surface area contributed by atoms with Crippen molar-refractivity contribution in [2.75, 3.05) is 45.1 Å². The van der Waals surface area contributed by atoms with Crippen LogP contribution < -0.4 is 5.32 Å². The molecule has 1 fully saturated rings. The lowest BCUT2D eigenvalue weighted by Gasteiger charge is -2.28. The Morgan fingerprint density at radius 2 is 2.21 bits per heavy atom. The van der Waals surface area contributed by atoms with E-state index >= 15 is 0 Å². The summed E-state index contributed by atoms with van der Waals surface area (Å²) in [5, 5.41) is 4.23. The number of benzene rings is 1. The third kappa shape index (κ3) is 4.68. The molecule has 0 aliphatic carbocycles. The molecule has 1 aromatic rings. The van der Waals surface area contributed by atoms with Crippen molar-refractivity contribution < 1.29 is 0 Å². The fraction of sp³-hybridized carbons (Fsp3) is 0.600. The molecule has 0 aromatic heterocycles. The second kappa shape index (κ2) is 7.13. The SMILES string of the molecule is CC1CN(C)CCCN1CCNc1cccc(Cl)c1. The molecule has 1 atom stereocenters. The lowest BCUT2D eigenvalue weighted by Crippen LogP contribution is -2.40. The van der Waals surface area contributed by atoms with E-state index in [1.807, 2.05) is 18.2 Å². The first kappa shape index (κ1) is 14.6. The van der Waals surface area contributed by atoms with Crippen LogP contribution in [0, 0.1) is 0 Å². The summed E-state index contributed by atoms with van der Waals surface area (Å²) < 4.78 is 0. The Morgan fingerprint density at radius 1 is 1.37 bits per heavy atom. The minimum Gasteiger partial charge on any atom is -0.384 e. The molecule has 1 N–H and O–H groups in total. The van der Waals surface area contributed by atoms with Crippen LogP contribution in [0.25, 0.3) is 0 Å². The molecule has 0 spiro atoms. The Balaban J connectivity index is 1.78. The van der Waals surface area contributed by atoms with Gasteiger partial charge in [0.25, 0.3) is 0 Å². The molecule has 0 amide bonds. The first-order chi connectivity index (χ1) is 9.15. The number of hydrogen-bond acceptors (Lipinski definition) is 3. The second-order valence-corrected chi connectivity index (χ2v) is 5.87. The first-order valence-corrected chi connectivity index (χ1v) is 7.45. The van der Waals surface area contributed by atoms with E-state index < -0.39 is 0 Å². The quantitative estimate of drug-likeness (QED) is 0.916. The van der Waals surface area contributed by atoms with Crippen LogP contribution in [-0.2, 0) is 0 Å². The zero-order valence-electron chi connectivity index (χ0n) is 11.9. The van der Waals surface area contributed by atoms with E-state index in [0.717, 1.165) is 30.3 Å². The summed E-state index contributed by atoms with van der Waals surface area (Å²) in [5.41, 5.74) is 1.10. The maximum Gasteiger partial charge on any atom is 0.0426 e. The normalized spacial score (nSPS) is 22.2. The van der Waals surface area contributed by atoms with Gasteiger partial charge in [0, 0.05) is 36.4 Å². The molecule has 106 valence electrons. The van der Waals surface area contributed by atoms with Crippen LogP contribution in [-0.4, -0.2) is 55.6 Å². The highest BCUT2D eigenvalue weighted by Crippen LogP contribution is 2.15. The van der Waals surface area contributed by atoms with Crippen LogP contribution in [0.2, 0.25) is 5.02 Å². The molecule has 2 rings (SSSR count). The minimum atomic E-state index is 0.633. The largest absolute Gasteiger partial charge is 0.384 e. The molecule has 3 nitrogen and oxygen atoms in total. The Morgan fingerprint density at radius 3 is 3.00 bits per heavy atom. The average molecular weight is 282 g/mol. The Kier molecular flexibility index (Phi) is 5.49. The zero-order valence-corrected chi connectivity index (χ0v) is 12.7. The van der Waals surface area contributed by atoms with Crippen molar-refractivity contribution in [2.24, 2.45) is 0 Å². The third-order valence-electron chi connectivity index (χ3n) is 3.74. The van der Waals surface area contributed by atoms with Gasteiger partial charge in [0.15, 0.2) is 0 Å². The van der Waals surface area contributed by atoms with Crippen molar-refractivity contribution >= 4 is 17.3 Å². The molecule has 0 saturated carbocycles. The van der Waals surface area contributed by atoms with E-state index in [9.17, 15) is 0 Å². The van der Waals surface area contributed by atoms with Gasteiger partial charge >= 0.3 is 0 Å². The number of nitrogens with one attached hydrogen (secondary N) is 1. The molecular formula is C15H24ClN3. The van der Waals surface area contributed by atoms with Crippen LogP contribution in [0.5, 0.6) is 0 Å². The topological polar surface area (TPSA) is 18.5 Å². The minimum absolute atomic E-state index is 0.633. The van der Waals surface area contributed by atoms with Crippen molar-refractivity contribution in [3.63, 3.8) is 0 Å². The van der Waals surface area contributed by atoms with Gasteiger partial charge < -0.3 is 10.2 Å². The van der Waals surface area contributed by atoms with Crippen LogP contribution in [0.4, 0.5) is 5.69 Å². The summed E-state index contributed by atoms with van der Waals surface area (Å²) in [5.74, 6) is 0. The van der Waals surface area contributed by atoms with E-state index in [4.69, 9.17) is 11.6 Å². The van der Waals surface area contributed by atoms with E-state index in [0.29, 0.717) is 6.04 Å². The van der Waals surface area contributed by atoms with Gasteiger partial charge in [-0.1, -0.05) is 17.7 Å². The number of hydrogen-bond donors (Lipinski definition) is 1. The summed E-state index contributed by atoms with van der Waals surface area (Å²) in [6.45, 7) is 7.94. The summed E-state index contributed by atoms with van der Waals surface area (Å²) in [6.07, 6.45) is 1.26. The summed E-state index contributed by atoms with van der Waals surface area (Å²) in [4.78, 5) is 5.00. The molecule has 4 heteroatoms. The summed E-state index contributed by atoms with van der Waals surface area (Å²) in [7, 11) is 2.21. The van der Waals surface area contributed by atoms with E-state index in [1.165, 1.54) is 19.5 Å². The Bertz CT molecular complexity index is 397. The Hall–Kier alpha value is -0.770. The summed E-state index contributed by atoms with van der Waals surface area (Å²) >= 11 is 5.98. The van der Waals surface area contributed by atoms with Crippen molar-refractivity contribution in [1.82, 2.24) is 9.80 Å². The molecule has 1 unspecified atom stereocenters. The van der Waals surface area contributed by atoms with E-state index in [-0.39, 0.29) is 0 Å². The van der Waals surface area contributed by atoms with Gasteiger partial charge in [0.1, 0.15) is 0 Å². The molecule has 1 aromatic carbocycles. The predicted molar refractivity (Wildman–Crippen MR) is 83.1 cm³/mol. The van der Waals surface area contributed by atoms with Gasteiger partial charge in [-0.05, 0) is 51.7 Å². The van der Waals surface area contributed by atoms with Crippen LogP contribution in [0.3, 0.4) is 0 Å². The molecule has 1 aliphatic rings. The number of nitrogens with zero attached hydrogens (tertiary/aromatic N) is 2. The van der Waals surface area contributed by atoms with Crippen LogP contribution in [0.15, 0.2) is 24.3 Å². The van der Waals surface area contributed by atoms with Crippen LogP contribution in [0.1, 0.15) is 13.3 Å². The molecule has 1 saturated heterocycles. The van der Waals surface area contributed by atoms with Gasteiger partial charge in [-0.25, -0.2) is 0 Å². The fourth-order valence-electron chi connectivity index (χ4n) is 2.70. The summed E-state index contributed by atoms with van der Waals surface area (Å²) in [6, 6.07) is 8.55. The standard InChI is InChI=1S/C15H24ClN3/c1-13-12-18(2)8-4-9-19(13)10-7-17-15-6-3-5-14(16)11-15/h3,5-6,11,13,17H,4,7-10,12H2,1-2H3. The van der Waals surface area contributed by atoms with Gasteiger partial charge in [0.2, 0.25) is 0 Å². The zero-order chi connectivity index (χ0) is 13.7. The maximum atomic E-state index is 5.98. The highest BCUT2D eigenvalue weighted by molar-refractivity contribution is 6.30. The van der Waals surface area contributed by atoms with Gasteiger partial charge in [-0.15, -0.1) is 0 Å². The highest BCUT2D eigenvalue weighted by Gasteiger charge is 2.18. The van der Waals surface area contributed by atoms with Crippen molar-refractivity contribution in [3.8, 4) is 0 Å². The van der Waals surface area contributed by atoms with Crippen molar-refractivity contribution in [1.29, 1.82) is 0 Å². The average Bonchev–Trinajstić information content (AvgIpc) is 2.51. The van der Waals surface area contributed by atoms with Gasteiger partial charge in [-0.2, -0.15) is 0 Å². The van der Waals surface area contributed by atoms with Crippen molar-refractivity contribution in [2.45, 2.75) is 19.4 Å². The predicted octanol–water partition coefficient (Wildman–Crippen LogP) is 2.78. The fourth-order valence-corrected chi connectivity index (χ4v) is 2.89. The Labute approximate surface area is 121 Å². The smallest absolute Gasteiger partial charge is 0.0426 e. The number of rotatable bonds is 4. The van der Waals surface area contributed by atoms with E-state index in [1.54, 1.807) is 0 Å². The monoisotopic (exact) mass is 281 g/mol. The van der Waals surface area contributed by atoms with Gasteiger partial charge in [-0.3, -0.25) is 4.90 Å². The number of anilines is 1. The molecule has 0 bridgehead atoms. The molecule has 19 heavy (non-hydrogen) atoms. The molecule has 0 radical (unpaired) electrons. The highest BCUT2D eigenvalue weighted by atomic mass is 35.5. The van der Waals surface area contributed by atoms with E-state index in [2.05, 4.69) is 35.2 Å². The molecule has 1 heterocycles. The first-order valence-electron chi connectivity index (χ1n) is 7.07. The van der Waals surface area contributed by atoms with Crippen molar-refractivity contribution in [3.05, 3.63) is 29.3 Å². The second-order valence-electron chi connectivity index (χ2n) is 5.44. The lowest BCUT2D eigenvalue weighted by atomic mass is 10.2. The van der Waals surface area contributed by atoms with Crippen LogP contribution >= 0.6 is 11.6 Å². The molecule has 1 aliphatic heterocycles. The third-order valence-corrected chi connectivity index (χ3v) is 3.97. The number of likely N-dealkylation sites (N-methyl/N-ethyl adjacent to an activating group) is 1.